The van der Waals surface area contributed by atoms with Gasteiger partial charge in [0.05, 0.1) is 12.2 Å². The normalized spacial score (nSPS) is 29.5. The molecule has 1 fully saturated rings. The van der Waals surface area contributed by atoms with Crippen LogP contribution in [0.5, 0.6) is 0 Å². The van der Waals surface area contributed by atoms with Crippen LogP contribution in [0.3, 0.4) is 0 Å². The van der Waals surface area contributed by atoms with E-state index in [0.717, 1.165) is 19.3 Å². The summed E-state index contributed by atoms with van der Waals surface area (Å²) in [5.41, 5.74) is 1.61. The van der Waals surface area contributed by atoms with Crippen LogP contribution in [-0.2, 0) is 0 Å². The Bertz CT molecular complexity index is 499. The molecule has 3 heteroatoms. The molecule has 0 aliphatic heterocycles. The van der Waals surface area contributed by atoms with Gasteiger partial charge in [-0.1, -0.05) is 63.3 Å². The van der Waals surface area contributed by atoms with Crippen molar-refractivity contribution >= 4 is 0 Å². The first-order chi connectivity index (χ1) is 13.4. The van der Waals surface area contributed by atoms with E-state index in [1.807, 2.05) is 6.08 Å². The molecule has 0 spiro atoms. The molecule has 3 nitrogen and oxygen atoms in total. The minimum Gasteiger partial charge on any atom is -0.392 e. The van der Waals surface area contributed by atoms with Gasteiger partial charge in [-0.15, -0.1) is 0 Å². The molecule has 0 aromatic carbocycles. The molecule has 0 radical (unpaired) electrons. The topological polar surface area (TPSA) is 43.7 Å². The second-order valence-electron chi connectivity index (χ2n) is 9.79. The Morgan fingerprint density at radius 3 is 2.71 bits per heavy atom. The summed E-state index contributed by atoms with van der Waals surface area (Å²) in [5.74, 6) is 1.87. The number of hydrogen-bond acceptors (Lipinski definition) is 3. The van der Waals surface area contributed by atoms with Gasteiger partial charge in [0.2, 0.25) is 0 Å². The third-order valence-corrected chi connectivity index (χ3v) is 6.80. The number of allylic oxidation sites excluding steroid dienone is 2. The average Bonchev–Trinajstić information content (AvgIpc) is 3.14. The molecule has 0 saturated heterocycles. The summed E-state index contributed by atoms with van der Waals surface area (Å²) in [5, 5.41) is 20.9. The van der Waals surface area contributed by atoms with Crippen LogP contribution in [0.25, 0.3) is 0 Å². The lowest BCUT2D eigenvalue weighted by molar-refractivity contribution is 0.139. The first-order valence-corrected chi connectivity index (χ1v) is 11.8. The van der Waals surface area contributed by atoms with E-state index in [2.05, 4.69) is 45.0 Å². The second kappa shape index (κ2) is 12.1. The summed E-state index contributed by atoms with van der Waals surface area (Å²) in [6, 6.07) is 0. The number of fused-ring (bicyclic) bond motifs is 1. The van der Waals surface area contributed by atoms with Crippen molar-refractivity contribution in [2.75, 3.05) is 20.6 Å². The zero-order chi connectivity index (χ0) is 20.5. The lowest BCUT2D eigenvalue weighted by Crippen LogP contribution is -2.18. The van der Waals surface area contributed by atoms with Crippen molar-refractivity contribution in [1.29, 1.82) is 0 Å². The molecule has 0 heterocycles. The first kappa shape index (κ1) is 23.6. The van der Waals surface area contributed by atoms with Crippen LogP contribution in [0.4, 0.5) is 0 Å². The number of rotatable bonds is 13. The summed E-state index contributed by atoms with van der Waals surface area (Å²) in [6.45, 7) is 5.64. The average molecular weight is 392 g/mol. The predicted molar refractivity (Wildman–Crippen MR) is 119 cm³/mol. The number of nitrogens with zero attached hydrogens (tertiary/aromatic N) is 1. The zero-order valence-corrected chi connectivity index (χ0v) is 18.8. The highest BCUT2D eigenvalue weighted by atomic mass is 16.3. The molecule has 162 valence electrons. The summed E-state index contributed by atoms with van der Waals surface area (Å²) < 4.78 is 0. The lowest BCUT2D eigenvalue weighted by atomic mass is 9.88. The fraction of sp³-hybridized carbons (Fsp3) is 0.840. The summed E-state index contributed by atoms with van der Waals surface area (Å²) in [4.78, 5) is 2.26. The highest BCUT2D eigenvalue weighted by Crippen LogP contribution is 2.48. The van der Waals surface area contributed by atoms with Crippen LogP contribution in [-0.4, -0.2) is 48.0 Å². The monoisotopic (exact) mass is 391 g/mol. The van der Waals surface area contributed by atoms with Crippen molar-refractivity contribution in [2.45, 2.75) is 90.3 Å². The van der Waals surface area contributed by atoms with E-state index in [1.165, 1.54) is 51.5 Å². The number of hydrogen-bond donors (Lipinski definition) is 2. The van der Waals surface area contributed by atoms with Crippen molar-refractivity contribution in [3.05, 3.63) is 23.8 Å². The molecule has 2 N–H and O–H groups in total. The number of aliphatic hydroxyl groups is 2. The fourth-order valence-electron chi connectivity index (χ4n) is 5.17. The highest BCUT2D eigenvalue weighted by Gasteiger charge is 2.43. The van der Waals surface area contributed by atoms with E-state index in [9.17, 15) is 10.2 Å². The summed E-state index contributed by atoms with van der Waals surface area (Å²) in [6.07, 6.45) is 17.6. The van der Waals surface area contributed by atoms with Crippen LogP contribution in [0.15, 0.2) is 23.8 Å². The second-order valence-corrected chi connectivity index (χ2v) is 9.79. The SMILES string of the molecule is CCCC[C@@H](C)C[C@H](O)C=C[C@@H]1[C@H]2CC(CCCCCN(C)C)=C[C@H]2C[C@H]1O. The van der Waals surface area contributed by atoms with Gasteiger partial charge < -0.3 is 15.1 Å². The van der Waals surface area contributed by atoms with Crippen molar-refractivity contribution in [3.8, 4) is 0 Å². The summed E-state index contributed by atoms with van der Waals surface area (Å²) in [7, 11) is 4.28. The largest absolute Gasteiger partial charge is 0.392 e. The quantitative estimate of drug-likeness (QED) is 0.336. The Balaban J connectivity index is 1.75. The molecule has 0 aromatic heterocycles. The van der Waals surface area contributed by atoms with Crippen molar-refractivity contribution in [3.63, 3.8) is 0 Å². The van der Waals surface area contributed by atoms with Gasteiger partial charge >= 0.3 is 0 Å². The Morgan fingerprint density at radius 2 is 2.00 bits per heavy atom. The smallest absolute Gasteiger partial charge is 0.0723 e. The van der Waals surface area contributed by atoms with Crippen molar-refractivity contribution in [2.24, 2.45) is 23.7 Å². The van der Waals surface area contributed by atoms with E-state index < -0.39 is 0 Å². The van der Waals surface area contributed by atoms with Gasteiger partial charge in [0.1, 0.15) is 0 Å². The standard InChI is InChI=1S/C25H45NO2/c1-5-6-10-19(2)15-22(27)12-13-23-24-17-20(16-21(24)18-25(23)28)11-8-7-9-14-26(3)4/h12-13,16,19,21-25,27-28H,5-11,14-15,17-18H2,1-4H3/t19-,21+,22-,23-,24+,25-/m1/s1. The van der Waals surface area contributed by atoms with Crippen LogP contribution >= 0.6 is 0 Å². The fourth-order valence-corrected chi connectivity index (χ4v) is 5.17. The molecule has 2 aliphatic carbocycles. The van der Waals surface area contributed by atoms with Crippen LogP contribution in [0, 0.1) is 23.7 Å². The highest BCUT2D eigenvalue weighted by molar-refractivity contribution is 5.21. The molecule has 2 aliphatic rings. The molecule has 0 amide bonds. The minimum absolute atomic E-state index is 0.216. The van der Waals surface area contributed by atoms with Gasteiger partial charge in [0.15, 0.2) is 0 Å². The zero-order valence-electron chi connectivity index (χ0n) is 18.8. The van der Waals surface area contributed by atoms with E-state index in [-0.39, 0.29) is 18.1 Å². The van der Waals surface area contributed by atoms with Crippen LogP contribution in [0.2, 0.25) is 0 Å². The van der Waals surface area contributed by atoms with Crippen LogP contribution < -0.4 is 0 Å². The maximum absolute atomic E-state index is 10.5. The lowest BCUT2D eigenvalue weighted by Gasteiger charge is -2.19. The minimum atomic E-state index is -0.372. The molecule has 6 atom stereocenters. The van der Waals surface area contributed by atoms with Crippen molar-refractivity contribution in [1.82, 2.24) is 4.90 Å². The van der Waals surface area contributed by atoms with E-state index in [0.29, 0.717) is 17.8 Å². The van der Waals surface area contributed by atoms with Gasteiger partial charge in [-0.2, -0.15) is 0 Å². The molecule has 1 saturated carbocycles. The van der Waals surface area contributed by atoms with E-state index in [1.54, 1.807) is 5.57 Å². The van der Waals surface area contributed by atoms with E-state index in [4.69, 9.17) is 0 Å². The van der Waals surface area contributed by atoms with Gasteiger partial charge in [-0.05, 0) is 76.9 Å². The Labute approximate surface area is 173 Å². The Hall–Kier alpha value is -0.640. The first-order valence-electron chi connectivity index (χ1n) is 11.8. The third-order valence-electron chi connectivity index (χ3n) is 6.80. The third kappa shape index (κ3) is 7.65. The Kier molecular flexibility index (Phi) is 10.3. The van der Waals surface area contributed by atoms with Gasteiger partial charge in [0.25, 0.3) is 0 Å². The summed E-state index contributed by atoms with van der Waals surface area (Å²) >= 11 is 0. The molecule has 0 aromatic rings. The van der Waals surface area contributed by atoms with Gasteiger partial charge in [0, 0.05) is 5.92 Å². The van der Waals surface area contributed by atoms with Crippen LogP contribution in [0.1, 0.15) is 78.1 Å². The van der Waals surface area contributed by atoms with Crippen molar-refractivity contribution < 1.29 is 10.2 Å². The van der Waals surface area contributed by atoms with E-state index >= 15 is 0 Å². The molecule has 0 unspecified atom stereocenters. The Morgan fingerprint density at radius 1 is 1.21 bits per heavy atom. The maximum atomic E-state index is 10.5. The number of unbranched alkanes of at least 4 members (excludes halogenated alkanes) is 3. The maximum Gasteiger partial charge on any atom is 0.0723 e. The number of aliphatic hydroxyl groups excluding tert-OH is 2. The predicted octanol–water partition coefficient (Wildman–Crippen LogP) is 5.19. The molecule has 0 bridgehead atoms. The molecular formula is C25H45NO2. The molecular weight excluding hydrogens is 346 g/mol. The molecule has 28 heavy (non-hydrogen) atoms. The van der Waals surface area contributed by atoms with Gasteiger partial charge in [-0.3, -0.25) is 0 Å². The van der Waals surface area contributed by atoms with Gasteiger partial charge in [-0.25, -0.2) is 0 Å². The molecule has 2 rings (SSSR count).